The lowest BCUT2D eigenvalue weighted by Crippen LogP contribution is -2.42. The molecule has 0 aromatic heterocycles. The fourth-order valence-corrected chi connectivity index (χ4v) is 5.04. The second kappa shape index (κ2) is 14.6. The van der Waals surface area contributed by atoms with E-state index in [9.17, 15) is 14.7 Å². The molecule has 0 saturated carbocycles. The number of likely N-dealkylation sites (tertiary alicyclic amines) is 1. The van der Waals surface area contributed by atoms with Crippen LogP contribution < -0.4 is 14.2 Å². The molecule has 2 aromatic rings. The number of carbonyl (C=O) groups is 2. The molecule has 2 fully saturated rings. The van der Waals surface area contributed by atoms with E-state index in [0.717, 1.165) is 19.5 Å². The molecule has 1 N–H and O–H groups in total. The van der Waals surface area contributed by atoms with Crippen LogP contribution in [0.3, 0.4) is 0 Å². The van der Waals surface area contributed by atoms with Crippen molar-refractivity contribution in [2.45, 2.75) is 40.2 Å². The number of hydrogen-bond donors (Lipinski definition) is 1. The minimum atomic E-state index is -0.790. The Labute approximate surface area is 249 Å². The van der Waals surface area contributed by atoms with Crippen molar-refractivity contribution < 1.29 is 33.6 Å². The summed E-state index contributed by atoms with van der Waals surface area (Å²) < 4.78 is 22.9. The number of aliphatic hydroxyl groups is 1. The van der Waals surface area contributed by atoms with Gasteiger partial charge in [0.2, 0.25) is 0 Å². The van der Waals surface area contributed by atoms with Crippen LogP contribution in [-0.2, 0) is 14.3 Å². The minimum absolute atomic E-state index is 0.0494. The molecule has 42 heavy (non-hydrogen) atoms. The number of ether oxygens (including phenoxy) is 4. The van der Waals surface area contributed by atoms with Gasteiger partial charge in [-0.1, -0.05) is 33.8 Å². The standard InChI is InChI=1S/C33H44N2O7/c1-22(2)12-17-41-27-11-8-25(20-28(27)39-5)30-29(31(36)24-6-9-26(10-7-24)42-21-23(3)4)32(37)33(38)35(30)14-13-34-15-18-40-19-16-34/h6-11,20,22-23,30,36H,12-19,21H2,1-5H3/b31-29+. The molecule has 0 bridgehead atoms. The first-order valence-corrected chi connectivity index (χ1v) is 14.8. The van der Waals surface area contributed by atoms with Gasteiger partial charge < -0.3 is 29.0 Å². The molecule has 0 spiro atoms. The Hall–Kier alpha value is -3.56. The maximum Gasteiger partial charge on any atom is 0.295 e. The molecule has 1 atom stereocenters. The first-order valence-electron chi connectivity index (χ1n) is 14.8. The fraction of sp³-hybridized carbons (Fsp3) is 0.515. The third-order valence-corrected chi connectivity index (χ3v) is 7.47. The van der Waals surface area contributed by atoms with Crippen molar-refractivity contribution in [1.82, 2.24) is 9.80 Å². The number of Topliss-reactive ketones (excluding diaryl/α,β-unsaturated/α-hetero) is 1. The van der Waals surface area contributed by atoms with E-state index in [4.69, 9.17) is 18.9 Å². The van der Waals surface area contributed by atoms with E-state index in [1.807, 2.05) is 6.07 Å². The van der Waals surface area contributed by atoms with E-state index in [0.29, 0.717) is 79.7 Å². The van der Waals surface area contributed by atoms with Crippen LogP contribution in [0.4, 0.5) is 0 Å². The number of aliphatic hydroxyl groups excluding tert-OH is 1. The van der Waals surface area contributed by atoms with Crippen molar-refractivity contribution in [2.24, 2.45) is 11.8 Å². The van der Waals surface area contributed by atoms with Crippen molar-refractivity contribution in [2.75, 3.05) is 59.7 Å². The molecule has 9 nitrogen and oxygen atoms in total. The second-order valence-electron chi connectivity index (χ2n) is 11.6. The molecular weight excluding hydrogens is 536 g/mol. The topological polar surface area (TPSA) is 97.8 Å². The summed E-state index contributed by atoms with van der Waals surface area (Å²) in [7, 11) is 1.56. The van der Waals surface area contributed by atoms with Gasteiger partial charge >= 0.3 is 0 Å². The van der Waals surface area contributed by atoms with E-state index in [2.05, 4.69) is 32.6 Å². The van der Waals surface area contributed by atoms with E-state index in [1.165, 1.54) is 0 Å². The lowest BCUT2D eigenvalue weighted by Gasteiger charge is -2.31. The normalized spacial score (nSPS) is 19.1. The summed E-state index contributed by atoms with van der Waals surface area (Å²) in [5.41, 5.74) is 1.14. The average molecular weight is 581 g/mol. The zero-order chi connectivity index (χ0) is 30.2. The molecule has 1 amide bonds. The van der Waals surface area contributed by atoms with Gasteiger partial charge in [0.25, 0.3) is 11.7 Å². The Balaban J connectivity index is 1.69. The Morgan fingerprint density at radius 3 is 2.31 bits per heavy atom. The van der Waals surface area contributed by atoms with E-state index in [-0.39, 0.29) is 11.3 Å². The molecule has 0 radical (unpaired) electrons. The van der Waals surface area contributed by atoms with Crippen molar-refractivity contribution in [3.8, 4) is 17.2 Å². The Kier molecular flexibility index (Phi) is 10.9. The highest BCUT2D eigenvalue weighted by Crippen LogP contribution is 2.42. The van der Waals surface area contributed by atoms with Crippen LogP contribution in [0.1, 0.15) is 51.3 Å². The summed E-state index contributed by atoms with van der Waals surface area (Å²) in [6.45, 7) is 13.2. The number of ketones is 1. The second-order valence-corrected chi connectivity index (χ2v) is 11.6. The summed E-state index contributed by atoms with van der Waals surface area (Å²) in [6.07, 6.45) is 0.897. The van der Waals surface area contributed by atoms with Crippen molar-refractivity contribution in [3.05, 3.63) is 59.2 Å². The van der Waals surface area contributed by atoms with Crippen molar-refractivity contribution >= 4 is 17.4 Å². The first-order chi connectivity index (χ1) is 20.2. The van der Waals surface area contributed by atoms with Crippen LogP contribution in [0.5, 0.6) is 17.2 Å². The third kappa shape index (κ3) is 7.63. The van der Waals surface area contributed by atoms with Gasteiger partial charge in [-0.15, -0.1) is 0 Å². The van der Waals surface area contributed by atoms with E-state index in [1.54, 1.807) is 48.4 Å². The predicted octanol–water partition coefficient (Wildman–Crippen LogP) is 4.91. The number of morpholine rings is 1. The quantitative estimate of drug-likeness (QED) is 0.203. The van der Waals surface area contributed by atoms with Gasteiger partial charge in [-0.2, -0.15) is 0 Å². The fourth-order valence-electron chi connectivity index (χ4n) is 5.04. The number of rotatable bonds is 13. The van der Waals surface area contributed by atoms with E-state index >= 15 is 0 Å². The molecular formula is C33H44N2O7. The number of hydrogen-bond acceptors (Lipinski definition) is 8. The molecule has 2 aliphatic rings. The maximum absolute atomic E-state index is 13.5. The average Bonchev–Trinajstić information content (AvgIpc) is 3.24. The Morgan fingerprint density at radius 2 is 1.67 bits per heavy atom. The summed E-state index contributed by atoms with van der Waals surface area (Å²) in [6, 6.07) is 11.6. The molecule has 0 aliphatic carbocycles. The summed E-state index contributed by atoms with van der Waals surface area (Å²) >= 11 is 0. The zero-order valence-corrected chi connectivity index (χ0v) is 25.4. The number of carbonyl (C=O) groups excluding carboxylic acids is 2. The molecule has 228 valence electrons. The van der Waals surface area contributed by atoms with Crippen LogP contribution in [0, 0.1) is 11.8 Å². The summed E-state index contributed by atoms with van der Waals surface area (Å²) in [5.74, 6) is 1.05. The van der Waals surface area contributed by atoms with Gasteiger partial charge in [-0.25, -0.2) is 0 Å². The molecule has 2 saturated heterocycles. The third-order valence-electron chi connectivity index (χ3n) is 7.47. The van der Waals surface area contributed by atoms with Gasteiger partial charge in [0.1, 0.15) is 11.5 Å². The van der Waals surface area contributed by atoms with Crippen LogP contribution in [-0.4, -0.2) is 86.3 Å². The van der Waals surface area contributed by atoms with Crippen LogP contribution >= 0.6 is 0 Å². The van der Waals surface area contributed by atoms with Gasteiger partial charge in [0.15, 0.2) is 11.5 Å². The van der Waals surface area contributed by atoms with Gasteiger partial charge in [0, 0.05) is 31.7 Å². The molecule has 4 rings (SSSR count). The smallest absolute Gasteiger partial charge is 0.295 e. The van der Waals surface area contributed by atoms with Crippen molar-refractivity contribution in [1.29, 1.82) is 0 Å². The lowest BCUT2D eigenvalue weighted by atomic mass is 9.95. The SMILES string of the molecule is COc1cc(C2/C(=C(\O)c3ccc(OCC(C)C)cc3)C(=O)C(=O)N2CCN2CCOCC2)ccc1OCCC(C)C. The zero-order valence-electron chi connectivity index (χ0n) is 25.4. The lowest BCUT2D eigenvalue weighted by molar-refractivity contribution is -0.140. The van der Waals surface area contributed by atoms with Crippen molar-refractivity contribution in [3.63, 3.8) is 0 Å². The van der Waals surface area contributed by atoms with Gasteiger partial charge in [-0.3, -0.25) is 14.5 Å². The Morgan fingerprint density at radius 1 is 0.952 bits per heavy atom. The highest BCUT2D eigenvalue weighted by atomic mass is 16.5. The van der Waals surface area contributed by atoms with Gasteiger partial charge in [-0.05, 0) is 60.2 Å². The van der Waals surface area contributed by atoms with E-state index < -0.39 is 17.7 Å². The highest BCUT2D eigenvalue weighted by Gasteiger charge is 2.46. The number of benzene rings is 2. The predicted molar refractivity (Wildman–Crippen MR) is 161 cm³/mol. The first kappa shape index (κ1) is 31.4. The molecule has 1 unspecified atom stereocenters. The van der Waals surface area contributed by atoms with Crippen LogP contribution in [0.2, 0.25) is 0 Å². The molecule has 2 aliphatic heterocycles. The minimum Gasteiger partial charge on any atom is -0.507 e. The largest absolute Gasteiger partial charge is 0.507 e. The van der Waals surface area contributed by atoms with Crippen LogP contribution in [0.15, 0.2) is 48.0 Å². The highest BCUT2D eigenvalue weighted by molar-refractivity contribution is 6.46. The number of nitrogens with zero attached hydrogens (tertiary/aromatic N) is 2. The number of methoxy groups -OCH3 is 1. The Bertz CT molecular complexity index is 1250. The van der Waals surface area contributed by atoms with Gasteiger partial charge in [0.05, 0.1) is 45.2 Å². The maximum atomic E-state index is 13.5. The molecule has 2 aromatic carbocycles. The molecule has 2 heterocycles. The van der Waals surface area contributed by atoms with Crippen LogP contribution in [0.25, 0.3) is 5.76 Å². The number of amides is 1. The molecule has 9 heteroatoms. The monoisotopic (exact) mass is 580 g/mol. The summed E-state index contributed by atoms with van der Waals surface area (Å²) in [5, 5.41) is 11.5. The summed E-state index contributed by atoms with van der Waals surface area (Å²) in [4.78, 5) is 30.7.